The maximum atomic E-state index is 12.7. The molecule has 1 aromatic heterocycles. The summed E-state index contributed by atoms with van der Waals surface area (Å²) < 4.78 is 1.73. The Morgan fingerprint density at radius 3 is 2.92 bits per heavy atom. The first-order chi connectivity index (χ1) is 12.1. The van der Waals surface area contributed by atoms with E-state index in [2.05, 4.69) is 10.3 Å². The van der Waals surface area contributed by atoms with Crippen LogP contribution in [0, 0.1) is 0 Å². The topological polar surface area (TPSA) is 64.0 Å². The molecule has 7 heteroatoms. The number of rotatable bonds is 4. The van der Waals surface area contributed by atoms with E-state index in [9.17, 15) is 9.59 Å². The molecule has 0 saturated carbocycles. The Bertz CT molecular complexity index is 879. The highest BCUT2D eigenvalue weighted by molar-refractivity contribution is 7.99. The van der Waals surface area contributed by atoms with Crippen molar-refractivity contribution in [1.82, 2.24) is 14.9 Å². The molecule has 2 aromatic rings. The molecule has 4 rings (SSSR count). The molecule has 25 heavy (non-hydrogen) atoms. The van der Waals surface area contributed by atoms with Crippen molar-refractivity contribution in [1.29, 1.82) is 0 Å². The molecule has 0 fully saturated rings. The van der Waals surface area contributed by atoms with Crippen molar-refractivity contribution >= 4 is 29.3 Å². The van der Waals surface area contributed by atoms with Gasteiger partial charge in [-0.15, -0.1) is 0 Å². The van der Waals surface area contributed by atoms with Crippen molar-refractivity contribution in [2.24, 2.45) is 0 Å². The Morgan fingerprint density at radius 1 is 1.32 bits per heavy atom. The number of halogens is 1. The molecule has 1 aliphatic heterocycles. The van der Waals surface area contributed by atoms with E-state index in [0.29, 0.717) is 18.0 Å². The average molecular weight is 376 g/mol. The van der Waals surface area contributed by atoms with Crippen molar-refractivity contribution in [3.63, 3.8) is 0 Å². The number of carbonyl (C=O) groups excluding carboxylic acids is 1. The third-order valence-corrected chi connectivity index (χ3v) is 6.05. The molecule has 1 atom stereocenters. The maximum absolute atomic E-state index is 12.7. The van der Waals surface area contributed by atoms with Gasteiger partial charge in [0.2, 0.25) is 5.91 Å². The number of thioether (sulfide) groups is 1. The summed E-state index contributed by atoms with van der Waals surface area (Å²) in [5.41, 5.74) is 2.85. The van der Waals surface area contributed by atoms with E-state index in [0.717, 1.165) is 47.0 Å². The minimum absolute atomic E-state index is 0.0537. The summed E-state index contributed by atoms with van der Waals surface area (Å²) in [5, 5.41) is 4.36. The largest absolute Gasteiger partial charge is 0.352 e. The number of benzene rings is 1. The molecule has 0 bridgehead atoms. The van der Waals surface area contributed by atoms with Crippen LogP contribution in [0.3, 0.4) is 0 Å². The normalized spacial score (nSPS) is 18.0. The summed E-state index contributed by atoms with van der Waals surface area (Å²) in [7, 11) is 0. The molecule has 1 aliphatic carbocycles. The summed E-state index contributed by atoms with van der Waals surface area (Å²) >= 11 is 7.43. The fourth-order valence-electron chi connectivity index (χ4n) is 3.39. The van der Waals surface area contributed by atoms with Crippen LogP contribution in [0.2, 0.25) is 5.02 Å². The molecule has 2 aliphatic rings. The van der Waals surface area contributed by atoms with Gasteiger partial charge in [0.1, 0.15) is 0 Å². The van der Waals surface area contributed by atoms with Crippen molar-refractivity contribution < 1.29 is 4.79 Å². The summed E-state index contributed by atoms with van der Waals surface area (Å²) in [5.74, 6) is 0.667. The molecular weight excluding hydrogens is 358 g/mol. The third kappa shape index (κ3) is 3.33. The predicted molar refractivity (Wildman–Crippen MR) is 98.2 cm³/mol. The molecule has 0 spiro atoms. The molecule has 1 unspecified atom stereocenters. The van der Waals surface area contributed by atoms with Crippen LogP contribution >= 0.6 is 23.4 Å². The van der Waals surface area contributed by atoms with Crippen molar-refractivity contribution in [2.75, 3.05) is 5.75 Å². The van der Waals surface area contributed by atoms with Crippen molar-refractivity contribution in [3.8, 4) is 0 Å². The van der Waals surface area contributed by atoms with Crippen LogP contribution in [0.25, 0.3) is 0 Å². The van der Waals surface area contributed by atoms with E-state index in [-0.39, 0.29) is 17.5 Å². The number of nitrogens with zero attached hydrogens (tertiary/aromatic N) is 2. The Labute approximate surface area is 154 Å². The second kappa shape index (κ2) is 6.84. The number of aromatic nitrogens is 2. The number of amides is 1. The van der Waals surface area contributed by atoms with Gasteiger partial charge in [-0.1, -0.05) is 35.5 Å². The van der Waals surface area contributed by atoms with Crippen LogP contribution < -0.4 is 10.9 Å². The maximum Gasteiger partial charge on any atom is 0.257 e. The minimum atomic E-state index is -0.115. The Morgan fingerprint density at radius 2 is 2.12 bits per heavy atom. The molecule has 1 aromatic carbocycles. The molecule has 2 heterocycles. The Kier molecular flexibility index (Phi) is 4.56. The lowest BCUT2D eigenvalue weighted by atomic mass is 10.2. The molecular formula is C18H18ClN3O2S. The summed E-state index contributed by atoms with van der Waals surface area (Å²) in [6.45, 7) is 0.458. The molecule has 130 valence electrons. The van der Waals surface area contributed by atoms with Crippen LogP contribution in [-0.2, 0) is 24.2 Å². The molecule has 5 nitrogen and oxygen atoms in total. The minimum Gasteiger partial charge on any atom is -0.352 e. The highest BCUT2D eigenvalue weighted by Crippen LogP contribution is 2.33. The first-order valence-corrected chi connectivity index (χ1v) is 9.76. The van der Waals surface area contributed by atoms with Crippen LogP contribution in [0.1, 0.15) is 35.7 Å². The van der Waals surface area contributed by atoms with Crippen LogP contribution in [0.4, 0.5) is 0 Å². The van der Waals surface area contributed by atoms with E-state index < -0.39 is 0 Å². The Hall–Kier alpha value is -1.79. The first-order valence-electron chi connectivity index (χ1n) is 8.40. The van der Waals surface area contributed by atoms with E-state index in [1.54, 1.807) is 28.5 Å². The molecule has 1 amide bonds. The smallest absolute Gasteiger partial charge is 0.257 e. The quantitative estimate of drug-likeness (QED) is 0.834. The van der Waals surface area contributed by atoms with Gasteiger partial charge in [-0.05, 0) is 37.0 Å². The van der Waals surface area contributed by atoms with Gasteiger partial charge in [-0.3, -0.25) is 14.2 Å². The zero-order valence-corrected chi connectivity index (χ0v) is 15.2. The Balaban J connectivity index is 1.44. The van der Waals surface area contributed by atoms with Gasteiger partial charge < -0.3 is 5.32 Å². The third-order valence-electron chi connectivity index (χ3n) is 4.70. The fraction of sp³-hybridized carbons (Fsp3) is 0.389. The van der Waals surface area contributed by atoms with Crippen molar-refractivity contribution in [3.05, 3.63) is 56.5 Å². The zero-order chi connectivity index (χ0) is 17.4. The van der Waals surface area contributed by atoms with Gasteiger partial charge >= 0.3 is 0 Å². The summed E-state index contributed by atoms with van der Waals surface area (Å²) in [6.07, 6.45) is 3.00. The molecule has 0 radical (unpaired) electrons. The number of aryl methyl sites for hydroxylation is 1. The second-order valence-electron chi connectivity index (χ2n) is 6.42. The predicted octanol–water partition coefficient (Wildman–Crippen LogP) is 2.74. The van der Waals surface area contributed by atoms with Gasteiger partial charge in [0.25, 0.3) is 5.56 Å². The number of nitrogens with one attached hydrogen (secondary N) is 1. The number of fused-ring (bicyclic) bond motifs is 2. The second-order valence-corrected chi connectivity index (χ2v) is 7.84. The highest BCUT2D eigenvalue weighted by Gasteiger charge is 2.30. The molecule has 1 N–H and O–H groups in total. The standard InChI is InChI=1S/C18H18ClN3O2S/c19-12-6-4-11(5-7-12)9-20-16(23)8-13-10-25-18-21-15-3-1-2-14(15)17(24)22(13)18/h4-7,13H,1-3,8-10H2,(H,20,23). The SMILES string of the molecule is O=C(CC1CSc2nc3c(c(=O)n21)CCC3)NCc1ccc(Cl)cc1. The fourth-order valence-corrected chi connectivity index (χ4v) is 4.67. The van der Waals surface area contributed by atoms with Gasteiger partial charge in [-0.25, -0.2) is 4.98 Å². The lowest BCUT2D eigenvalue weighted by Crippen LogP contribution is -2.32. The van der Waals surface area contributed by atoms with Gasteiger partial charge in [0.05, 0.1) is 11.7 Å². The number of hydrogen-bond donors (Lipinski definition) is 1. The van der Waals surface area contributed by atoms with Crippen LogP contribution in [-0.4, -0.2) is 21.2 Å². The summed E-state index contributed by atoms with van der Waals surface area (Å²) in [6, 6.07) is 7.27. The average Bonchev–Trinajstić information content (AvgIpc) is 3.22. The summed E-state index contributed by atoms with van der Waals surface area (Å²) in [4.78, 5) is 29.7. The monoisotopic (exact) mass is 375 g/mol. The number of carbonyl (C=O) groups is 1. The van der Waals surface area contributed by atoms with E-state index in [1.807, 2.05) is 12.1 Å². The van der Waals surface area contributed by atoms with Crippen LogP contribution in [0.5, 0.6) is 0 Å². The lowest BCUT2D eigenvalue weighted by Gasteiger charge is -2.14. The van der Waals surface area contributed by atoms with E-state index in [1.165, 1.54) is 0 Å². The van der Waals surface area contributed by atoms with Gasteiger partial charge in [0.15, 0.2) is 5.16 Å². The lowest BCUT2D eigenvalue weighted by molar-refractivity contribution is -0.121. The van der Waals surface area contributed by atoms with E-state index >= 15 is 0 Å². The highest BCUT2D eigenvalue weighted by atomic mass is 35.5. The van der Waals surface area contributed by atoms with E-state index in [4.69, 9.17) is 11.6 Å². The zero-order valence-electron chi connectivity index (χ0n) is 13.6. The van der Waals surface area contributed by atoms with Crippen molar-refractivity contribution in [2.45, 2.75) is 43.4 Å². The number of hydrogen-bond acceptors (Lipinski definition) is 4. The van der Waals surface area contributed by atoms with Crippen LogP contribution in [0.15, 0.2) is 34.2 Å². The molecule has 0 saturated heterocycles. The van der Waals surface area contributed by atoms with Gasteiger partial charge in [0, 0.05) is 29.3 Å². The van der Waals surface area contributed by atoms with Gasteiger partial charge in [-0.2, -0.15) is 0 Å². The first kappa shape index (κ1) is 16.7.